The molecular weight excluding hydrogens is 270 g/mol. The molecule has 120 valence electrons. The highest BCUT2D eigenvalue weighted by atomic mass is 16.5. The zero-order chi connectivity index (χ0) is 16.3. The average Bonchev–Trinajstić information content (AvgIpc) is 2.73. The Hall–Kier alpha value is -1.39. The van der Waals surface area contributed by atoms with E-state index >= 15 is 0 Å². The molecule has 1 amide bonds. The first-order valence-corrected chi connectivity index (χ1v) is 7.57. The van der Waals surface area contributed by atoms with Gasteiger partial charge in [0.25, 0.3) is 0 Å². The molecule has 0 spiro atoms. The Morgan fingerprint density at radius 3 is 2.38 bits per heavy atom. The molecule has 1 rings (SSSR count). The van der Waals surface area contributed by atoms with Gasteiger partial charge in [-0.05, 0) is 11.8 Å². The van der Waals surface area contributed by atoms with E-state index in [-0.39, 0.29) is 17.6 Å². The molecule has 5 nitrogen and oxygen atoms in total. The van der Waals surface area contributed by atoms with Gasteiger partial charge in [0, 0.05) is 11.8 Å². The third-order valence-electron chi connectivity index (χ3n) is 4.22. The van der Waals surface area contributed by atoms with Gasteiger partial charge in [-0.3, -0.25) is 9.59 Å². The first-order chi connectivity index (χ1) is 9.57. The van der Waals surface area contributed by atoms with Crippen LogP contribution in [0, 0.1) is 10.8 Å². The molecule has 0 aromatic heterocycles. The minimum absolute atomic E-state index is 0.0604. The van der Waals surface area contributed by atoms with Crippen LogP contribution in [-0.2, 0) is 19.1 Å². The number of rotatable bonds is 7. The van der Waals surface area contributed by atoms with Gasteiger partial charge in [-0.1, -0.05) is 41.0 Å². The fourth-order valence-electron chi connectivity index (χ4n) is 2.68. The summed E-state index contributed by atoms with van der Waals surface area (Å²) in [6.07, 6.45) is 2.00. The van der Waals surface area contributed by atoms with Crippen LogP contribution in [0.5, 0.6) is 0 Å². The summed E-state index contributed by atoms with van der Waals surface area (Å²) in [5.74, 6) is -0.902. The van der Waals surface area contributed by atoms with Crippen molar-refractivity contribution in [2.24, 2.45) is 10.8 Å². The van der Waals surface area contributed by atoms with Crippen molar-refractivity contribution in [3.05, 3.63) is 0 Å². The Kier molecular flexibility index (Phi) is 5.54. The molecule has 1 atom stereocenters. The van der Waals surface area contributed by atoms with Crippen LogP contribution in [0.3, 0.4) is 0 Å². The molecule has 0 radical (unpaired) electrons. The van der Waals surface area contributed by atoms with Crippen LogP contribution in [0.1, 0.15) is 60.3 Å². The number of nitrogens with one attached hydrogen (secondary N) is 1. The van der Waals surface area contributed by atoms with Crippen LogP contribution in [0.25, 0.3) is 0 Å². The van der Waals surface area contributed by atoms with Gasteiger partial charge < -0.3 is 10.1 Å². The van der Waals surface area contributed by atoms with Crippen molar-refractivity contribution < 1.29 is 19.1 Å². The first kappa shape index (κ1) is 17.7. The number of ketones is 1. The van der Waals surface area contributed by atoms with E-state index in [1.54, 1.807) is 0 Å². The average molecular weight is 297 g/mol. The van der Waals surface area contributed by atoms with Crippen LogP contribution in [0.4, 0.5) is 0 Å². The lowest BCUT2D eigenvalue weighted by molar-refractivity contribution is -0.142. The van der Waals surface area contributed by atoms with Crippen molar-refractivity contribution in [2.75, 3.05) is 6.61 Å². The van der Waals surface area contributed by atoms with E-state index in [4.69, 9.17) is 4.74 Å². The lowest BCUT2D eigenvalue weighted by atomic mass is 9.71. The summed E-state index contributed by atoms with van der Waals surface area (Å²) in [7, 11) is 0. The molecule has 0 aromatic carbocycles. The molecule has 0 aliphatic carbocycles. The van der Waals surface area contributed by atoms with Crippen molar-refractivity contribution in [3.8, 4) is 0 Å². The van der Waals surface area contributed by atoms with Crippen molar-refractivity contribution in [3.63, 3.8) is 0 Å². The molecule has 0 bridgehead atoms. The van der Waals surface area contributed by atoms with Crippen LogP contribution in [0.15, 0.2) is 0 Å². The van der Waals surface area contributed by atoms with Gasteiger partial charge in [-0.15, -0.1) is 0 Å². The molecule has 0 saturated carbocycles. The highest BCUT2D eigenvalue weighted by molar-refractivity contribution is 6.01. The van der Waals surface area contributed by atoms with Crippen molar-refractivity contribution in [2.45, 2.75) is 66.3 Å². The lowest BCUT2D eigenvalue weighted by Crippen LogP contribution is -2.41. The number of carbonyl (C=O) groups is 3. The van der Waals surface area contributed by atoms with Gasteiger partial charge in [0.15, 0.2) is 0 Å². The zero-order valence-electron chi connectivity index (χ0n) is 13.7. The normalized spacial score (nSPS) is 19.3. The summed E-state index contributed by atoms with van der Waals surface area (Å²) in [6.45, 7) is 10.4. The molecule has 5 heteroatoms. The number of amides is 1. The minimum Gasteiger partial charge on any atom is -0.464 e. The third-order valence-corrected chi connectivity index (χ3v) is 4.22. The molecule has 0 aromatic rings. The largest absolute Gasteiger partial charge is 0.464 e. The number of hydrogen-bond acceptors (Lipinski definition) is 4. The molecule has 1 N–H and O–H groups in total. The summed E-state index contributed by atoms with van der Waals surface area (Å²) in [5, 5.41) is 2.57. The maximum absolute atomic E-state index is 12.3. The Morgan fingerprint density at radius 2 is 1.90 bits per heavy atom. The van der Waals surface area contributed by atoms with E-state index in [1.807, 2.05) is 13.8 Å². The second kappa shape index (κ2) is 6.58. The van der Waals surface area contributed by atoms with E-state index in [9.17, 15) is 14.4 Å². The summed E-state index contributed by atoms with van der Waals surface area (Å²) in [6, 6.07) is -0.597. The molecule has 1 heterocycles. The first-order valence-electron chi connectivity index (χ1n) is 7.57. The van der Waals surface area contributed by atoms with Gasteiger partial charge in [0.05, 0.1) is 13.0 Å². The van der Waals surface area contributed by atoms with E-state index < -0.39 is 23.3 Å². The molecular formula is C16H27NO4. The third kappa shape index (κ3) is 5.14. The second-order valence-corrected chi connectivity index (χ2v) is 7.25. The monoisotopic (exact) mass is 297 g/mol. The zero-order valence-corrected chi connectivity index (χ0v) is 13.7. The topological polar surface area (TPSA) is 72.5 Å². The maximum Gasteiger partial charge on any atom is 0.328 e. The summed E-state index contributed by atoms with van der Waals surface area (Å²) in [4.78, 5) is 35.5. The van der Waals surface area contributed by atoms with Crippen molar-refractivity contribution in [1.82, 2.24) is 5.32 Å². The molecule has 1 fully saturated rings. The highest BCUT2D eigenvalue weighted by Crippen LogP contribution is 2.37. The predicted octanol–water partition coefficient (Wildman–Crippen LogP) is 2.23. The molecule has 21 heavy (non-hydrogen) atoms. The standard InChI is InChI=1S/C16H27NO4/c1-6-15(2,3)10-16(4,5)12(18)9-13(19)17-11-7-8-21-14(11)20/h11H,6-10H2,1-5H3,(H,17,19)/t11-/m0/s1. The number of esters is 1. The predicted molar refractivity (Wildman–Crippen MR) is 79.6 cm³/mol. The quantitative estimate of drug-likeness (QED) is 0.578. The fraction of sp³-hybridized carbons (Fsp3) is 0.812. The van der Waals surface area contributed by atoms with E-state index in [2.05, 4.69) is 26.1 Å². The summed E-state index contributed by atoms with van der Waals surface area (Å²) >= 11 is 0. The Bertz CT molecular complexity index is 426. The van der Waals surface area contributed by atoms with Gasteiger partial charge >= 0.3 is 5.97 Å². The fourth-order valence-corrected chi connectivity index (χ4v) is 2.68. The molecule has 1 aliphatic heterocycles. The Morgan fingerprint density at radius 1 is 1.29 bits per heavy atom. The maximum atomic E-state index is 12.3. The second-order valence-electron chi connectivity index (χ2n) is 7.25. The smallest absolute Gasteiger partial charge is 0.328 e. The Balaban J connectivity index is 2.54. The van der Waals surface area contributed by atoms with Gasteiger partial charge in [-0.25, -0.2) is 4.79 Å². The summed E-state index contributed by atoms with van der Waals surface area (Å²) < 4.78 is 4.78. The van der Waals surface area contributed by atoms with Gasteiger partial charge in [-0.2, -0.15) is 0 Å². The number of carbonyl (C=O) groups excluding carboxylic acids is 3. The van der Waals surface area contributed by atoms with E-state index in [1.165, 1.54) is 0 Å². The van der Waals surface area contributed by atoms with Crippen molar-refractivity contribution in [1.29, 1.82) is 0 Å². The number of cyclic esters (lactones) is 1. The summed E-state index contributed by atoms with van der Waals surface area (Å²) in [5.41, 5.74) is -0.488. The molecule has 1 saturated heterocycles. The number of hydrogen-bond donors (Lipinski definition) is 1. The van der Waals surface area contributed by atoms with Crippen LogP contribution in [-0.4, -0.2) is 30.3 Å². The molecule has 0 unspecified atom stereocenters. The number of ether oxygens (including phenoxy) is 1. The Labute approximate surface area is 126 Å². The van der Waals surface area contributed by atoms with E-state index in [0.717, 1.165) is 12.8 Å². The number of Topliss-reactive ketones (excluding diaryl/α,β-unsaturated/α-hetero) is 1. The van der Waals surface area contributed by atoms with Gasteiger partial charge in [0.2, 0.25) is 5.91 Å². The van der Waals surface area contributed by atoms with Crippen molar-refractivity contribution >= 4 is 17.7 Å². The van der Waals surface area contributed by atoms with Crippen LogP contribution >= 0.6 is 0 Å². The SMILES string of the molecule is CCC(C)(C)CC(C)(C)C(=O)CC(=O)N[C@H]1CCOC1=O. The lowest BCUT2D eigenvalue weighted by Gasteiger charge is -2.33. The molecule has 1 aliphatic rings. The highest BCUT2D eigenvalue weighted by Gasteiger charge is 2.35. The van der Waals surface area contributed by atoms with Crippen LogP contribution in [0.2, 0.25) is 0 Å². The minimum atomic E-state index is -0.597. The van der Waals surface area contributed by atoms with E-state index in [0.29, 0.717) is 13.0 Å². The van der Waals surface area contributed by atoms with Gasteiger partial charge in [0.1, 0.15) is 11.8 Å². The van der Waals surface area contributed by atoms with Crippen LogP contribution < -0.4 is 5.32 Å².